The molecule has 0 fully saturated rings. The zero-order valence-electron chi connectivity index (χ0n) is 10.7. The Kier molecular flexibility index (Phi) is 5.01. The average molecular weight is 271 g/mol. The van der Waals surface area contributed by atoms with E-state index in [9.17, 15) is 4.79 Å². The van der Waals surface area contributed by atoms with Crippen molar-refractivity contribution in [2.45, 2.75) is 25.7 Å². The molecule has 0 aliphatic heterocycles. The van der Waals surface area contributed by atoms with Gasteiger partial charge in [0.2, 0.25) is 0 Å². The fourth-order valence-corrected chi connectivity index (χ4v) is 2.04. The van der Waals surface area contributed by atoms with Crippen LogP contribution in [0.5, 0.6) is 0 Å². The molecule has 0 N–H and O–H groups in total. The number of carbonyl (C=O) groups is 1. The number of ketones is 1. The Balaban J connectivity index is 1.75. The molecule has 1 aliphatic carbocycles. The summed E-state index contributed by atoms with van der Waals surface area (Å²) < 4.78 is 0. The van der Waals surface area contributed by atoms with Crippen LogP contribution in [-0.2, 0) is 0 Å². The van der Waals surface area contributed by atoms with Gasteiger partial charge in [0, 0.05) is 22.6 Å². The first-order valence-electron chi connectivity index (χ1n) is 6.42. The molecule has 96 valence electrons. The normalized spacial score (nSPS) is 12.6. The van der Waals surface area contributed by atoms with Gasteiger partial charge in [0.15, 0.2) is 5.78 Å². The molecule has 2 heteroatoms. The Labute approximate surface area is 118 Å². The van der Waals surface area contributed by atoms with Crippen molar-refractivity contribution in [1.82, 2.24) is 0 Å². The van der Waals surface area contributed by atoms with Gasteiger partial charge in [-0.1, -0.05) is 35.2 Å². The van der Waals surface area contributed by atoms with Crippen molar-refractivity contribution in [3.05, 3.63) is 70.1 Å². The number of allylic oxidation sites excluding steroid dienone is 4. The van der Waals surface area contributed by atoms with Crippen LogP contribution in [0.15, 0.2) is 59.5 Å². The summed E-state index contributed by atoms with van der Waals surface area (Å²) in [5.74, 6) is 0.181. The van der Waals surface area contributed by atoms with Gasteiger partial charge < -0.3 is 0 Å². The number of benzene rings is 1. The highest BCUT2D eigenvalue weighted by molar-refractivity contribution is 6.30. The topological polar surface area (TPSA) is 17.1 Å². The van der Waals surface area contributed by atoms with Gasteiger partial charge in [0.05, 0.1) is 0 Å². The predicted molar refractivity (Wildman–Crippen MR) is 78.5 cm³/mol. The highest BCUT2D eigenvalue weighted by Gasteiger charge is 2.05. The fraction of sp³-hybridized carbons (Fsp3) is 0.235. The van der Waals surface area contributed by atoms with Crippen LogP contribution in [0.4, 0.5) is 0 Å². The van der Waals surface area contributed by atoms with Crippen LogP contribution in [0.2, 0.25) is 5.02 Å². The third kappa shape index (κ3) is 4.43. The largest absolute Gasteiger partial charge is 0.294 e. The van der Waals surface area contributed by atoms with Crippen molar-refractivity contribution in [3.63, 3.8) is 0 Å². The molecule has 0 aromatic heterocycles. The van der Waals surface area contributed by atoms with Gasteiger partial charge in [-0.15, -0.1) is 0 Å². The SMILES string of the molecule is O=C(CCCCC1=C=C=CC=C1)c1ccc(Cl)cc1. The lowest BCUT2D eigenvalue weighted by molar-refractivity contribution is 0.0979. The molecule has 0 radical (unpaired) electrons. The summed E-state index contributed by atoms with van der Waals surface area (Å²) in [6, 6.07) is 7.07. The first kappa shape index (κ1) is 13.6. The van der Waals surface area contributed by atoms with E-state index >= 15 is 0 Å². The van der Waals surface area contributed by atoms with Gasteiger partial charge in [-0.2, -0.15) is 0 Å². The molecule has 0 amide bonds. The van der Waals surface area contributed by atoms with E-state index in [4.69, 9.17) is 11.6 Å². The van der Waals surface area contributed by atoms with E-state index in [1.165, 1.54) is 0 Å². The van der Waals surface area contributed by atoms with Crippen molar-refractivity contribution in [2.75, 3.05) is 0 Å². The van der Waals surface area contributed by atoms with Crippen LogP contribution >= 0.6 is 11.6 Å². The Morgan fingerprint density at radius 2 is 1.95 bits per heavy atom. The number of unbranched alkanes of at least 4 members (excludes halogenated alkanes) is 1. The molecule has 0 atom stereocenters. The van der Waals surface area contributed by atoms with Crippen molar-refractivity contribution in [2.24, 2.45) is 0 Å². The highest BCUT2D eigenvalue weighted by atomic mass is 35.5. The molecule has 1 aromatic rings. The lowest BCUT2D eigenvalue weighted by Crippen LogP contribution is -1.98. The van der Waals surface area contributed by atoms with E-state index in [1.807, 2.05) is 18.2 Å². The molecule has 2 rings (SSSR count). The first-order chi connectivity index (χ1) is 9.25. The van der Waals surface area contributed by atoms with E-state index in [-0.39, 0.29) is 5.78 Å². The molecule has 0 saturated carbocycles. The minimum absolute atomic E-state index is 0.181. The molecule has 0 saturated heterocycles. The summed E-state index contributed by atoms with van der Waals surface area (Å²) in [4.78, 5) is 11.9. The number of rotatable bonds is 6. The summed E-state index contributed by atoms with van der Waals surface area (Å²) in [6.07, 6.45) is 9.26. The van der Waals surface area contributed by atoms with Gasteiger partial charge >= 0.3 is 0 Å². The van der Waals surface area contributed by atoms with E-state index in [1.54, 1.807) is 24.3 Å². The van der Waals surface area contributed by atoms with Crippen LogP contribution in [0.1, 0.15) is 36.0 Å². The summed E-state index contributed by atoms with van der Waals surface area (Å²) in [5.41, 5.74) is 7.90. The Morgan fingerprint density at radius 3 is 2.63 bits per heavy atom. The Morgan fingerprint density at radius 1 is 1.16 bits per heavy atom. The van der Waals surface area contributed by atoms with Crippen LogP contribution in [-0.4, -0.2) is 5.78 Å². The van der Waals surface area contributed by atoms with Crippen LogP contribution in [0.25, 0.3) is 0 Å². The summed E-state index contributed by atoms with van der Waals surface area (Å²) in [6.45, 7) is 0. The zero-order chi connectivity index (χ0) is 13.5. The first-order valence-corrected chi connectivity index (χ1v) is 6.79. The third-order valence-electron chi connectivity index (χ3n) is 2.98. The molecule has 0 spiro atoms. The van der Waals surface area contributed by atoms with Crippen LogP contribution in [0.3, 0.4) is 0 Å². The number of Topliss-reactive ketones (excluding diaryl/α,β-unsaturated/α-hetero) is 1. The summed E-state index contributed by atoms with van der Waals surface area (Å²) in [5, 5.41) is 0.660. The number of carbonyl (C=O) groups excluding carboxylic acids is 1. The van der Waals surface area contributed by atoms with Crippen molar-refractivity contribution >= 4 is 17.4 Å². The smallest absolute Gasteiger partial charge is 0.162 e. The number of halogens is 1. The lowest BCUT2D eigenvalue weighted by Gasteiger charge is -2.02. The average Bonchev–Trinajstić information content (AvgIpc) is 2.45. The molecule has 1 aromatic carbocycles. The highest BCUT2D eigenvalue weighted by Crippen LogP contribution is 2.15. The Hall–Kier alpha value is -1.78. The summed E-state index contributed by atoms with van der Waals surface area (Å²) >= 11 is 5.79. The van der Waals surface area contributed by atoms with Crippen molar-refractivity contribution in [1.29, 1.82) is 0 Å². The molecule has 1 nitrogen and oxygen atoms in total. The quantitative estimate of drug-likeness (QED) is 0.409. The third-order valence-corrected chi connectivity index (χ3v) is 3.23. The molecule has 19 heavy (non-hydrogen) atoms. The second-order valence-electron chi connectivity index (χ2n) is 4.46. The minimum Gasteiger partial charge on any atom is -0.294 e. The monoisotopic (exact) mass is 270 g/mol. The predicted octanol–water partition coefficient (Wildman–Crippen LogP) is 4.89. The van der Waals surface area contributed by atoms with Gasteiger partial charge in [-0.25, -0.2) is 0 Å². The van der Waals surface area contributed by atoms with E-state index < -0.39 is 0 Å². The van der Waals surface area contributed by atoms with Crippen molar-refractivity contribution in [3.8, 4) is 0 Å². The lowest BCUT2D eigenvalue weighted by atomic mass is 10.0. The second-order valence-corrected chi connectivity index (χ2v) is 4.89. The van der Waals surface area contributed by atoms with E-state index in [0.29, 0.717) is 11.4 Å². The number of hydrogen-bond acceptors (Lipinski definition) is 1. The number of hydrogen-bond donors (Lipinski definition) is 0. The van der Waals surface area contributed by atoms with Gasteiger partial charge in [-0.3, -0.25) is 4.79 Å². The van der Waals surface area contributed by atoms with Gasteiger partial charge in [-0.05, 0) is 49.6 Å². The Bertz CT molecular complexity index is 580. The zero-order valence-corrected chi connectivity index (χ0v) is 11.4. The van der Waals surface area contributed by atoms with E-state index in [0.717, 1.165) is 30.4 Å². The molecular weight excluding hydrogens is 256 g/mol. The van der Waals surface area contributed by atoms with Crippen molar-refractivity contribution < 1.29 is 4.79 Å². The molecular formula is C17H15ClO. The van der Waals surface area contributed by atoms with E-state index in [2.05, 4.69) is 11.5 Å². The minimum atomic E-state index is 0.181. The second kappa shape index (κ2) is 6.97. The standard InChI is InChI=1S/C17H15ClO/c18-16-12-10-15(11-13-16)17(19)9-5-4-8-14-6-2-1-3-7-14/h1-2,6,10-13H,4-5,8-9H2. The van der Waals surface area contributed by atoms with Gasteiger partial charge in [0.1, 0.15) is 0 Å². The molecule has 0 heterocycles. The molecule has 0 bridgehead atoms. The maximum absolute atomic E-state index is 11.9. The molecule has 1 aliphatic rings. The maximum Gasteiger partial charge on any atom is 0.162 e. The van der Waals surface area contributed by atoms with Crippen LogP contribution in [0, 0.1) is 0 Å². The summed E-state index contributed by atoms with van der Waals surface area (Å²) in [7, 11) is 0. The molecule has 0 unspecified atom stereocenters. The van der Waals surface area contributed by atoms with Crippen LogP contribution < -0.4 is 0 Å². The maximum atomic E-state index is 11.9. The fourth-order valence-electron chi connectivity index (χ4n) is 1.92. The van der Waals surface area contributed by atoms with Gasteiger partial charge in [0.25, 0.3) is 0 Å².